The molecule has 2 aromatic heterocycles. The summed E-state index contributed by atoms with van der Waals surface area (Å²) in [5.41, 5.74) is 10.3. The van der Waals surface area contributed by atoms with Crippen molar-refractivity contribution in [3.63, 3.8) is 0 Å². The van der Waals surface area contributed by atoms with Crippen molar-refractivity contribution in [2.45, 2.75) is 51.5 Å². The van der Waals surface area contributed by atoms with E-state index in [2.05, 4.69) is 46.6 Å². The molecule has 0 spiro atoms. The minimum Gasteiger partial charge on any atom is -0.383 e. The Morgan fingerprint density at radius 2 is 1.97 bits per heavy atom. The number of benzene rings is 1. The van der Waals surface area contributed by atoms with E-state index in [-0.39, 0.29) is 0 Å². The lowest BCUT2D eigenvalue weighted by atomic mass is 9.90. The monoisotopic (exact) mass is 390 g/mol. The zero-order valence-corrected chi connectivity index (χ0v) is 17.1. The number of hydrogen-bond acceptors (Lipinski definition) is 5. The molecule has 0 aliphatic carbocycles. The standard InChI is InChI=1S/C24H30N4O/c1-17-20(5-2-3-13-26-17)12-11-18-7-9-19(10-8-18)15-21-16-23(29-28-21)22-6-4-14-27-24(22)25/h4,6-10,14,16-17,20,26H,2-3,5,11-13,15H2,1H3,(H2,25,27). The number of nitrogens with two attached hydrogens (primary N) is 1. The molecule has 0 radical (unpaired) electrons. The van der Waals surface area contributed by atoms with Gasteiger partial charge in [-0.25, -0.2) is 4.98 Å². The maximum Gasteiger partial charge on any atom is 0.170 e. The average molecular weight is 391 g/mol. The summed E-state index contributed by atoms with van der Waals surface area (Å²) in [7, 11) is 0. The number of hydrogen-bond donors (Lipinski definition) is 2. The summed E-state index contributed by atoms with van der Waals surface area (Å²) >= 11 is 0. The van der Waals surface area contributed by atoms with Crippen LogP contribution in [0, 0.1) is 5.92 Å². The lowest BCUT2D eigenvalue weighted by Gasteiger charge is -2.22. The Hall–Kier alpha value is -2.66. The minimum absolute atomic E-state index is 0.456. The fourth-order valence-corrected chi connectivity index (χ4v) is 4.21. The molecule has 152 valence electrons. The third kappa shape index (κ3) is 5.04. The number of aromatic nitrogens is 2. The van der Waals surface area contributed by atoms with Crippen molar-refractivity contribution in [2.24, 2.45) is 5.92 Å². The Bertz CT molecular complexity index is 919. The quantitative estimate of drug-likeness (QED) is 0.642. The molecule has 0 amide bonds. The molecular weight excluding hydrogens is 360 g/mol. The van der Waals surface area contributed by atoms with Crippen LogP contribution in [0.25, 0.3) is 11.3 Å². The van der Waals surface area contributed by atoms with Crippen molar-refractivity contribution >= 4 is 5.82 Å². The highest BCUT2D eigenvalue weighted by Crippen LogP contribution is 2.26. The summed E-state index contributed by atoms with van der Waals surface area (Å²) in [4.78, 5) is 4.11. The first-order valence-electron chi connectivity index (χ1n) is 10.7. The molecule has 29 heavy (non-hydrogen) atoms. The van der Waals surface area contributed by atoms with Crippen molar-refractivity contribution < 1.29 is 4.52 Å². The molecule has 1 saturated heterocycles. The van der Waals surface area contributed by atoms with Gasteiger partial charge in [-0.2, -0.15) is 0 Å². The van der Waals surface area contributed by atoms with E-state index in [1.54, 1.807) is 6.20 Å². The molecule has 1 aromatic carbocycles. The molecule has 2 unspecified atom stereocenters. The Labute approximate surface area is 172 Å². The van der Waals surface area contributed by atoms with Crippen LogP contribution < -0.4 is 11.1 Å². The highest BCUT2D eigenvalue weighted by Gasteiger charge is 2.19. The van der Waals surface area contributed by atoms with Crippen molar-refractivity contribution in [2.75, 3.05) is 12.3 Å². The van der Waals surface area contributed by atoms with Crippen LogP contribution >= 0.6 is 0 Å². The van der Waals surface area contributed by atoms with Gasteiger partial charge in [0.2, 0.25) is 0 Å². The number of nitrogens with one attached hydrogen (secondary N) is 1. The van der Waals surface area contributed by atoms with Crippen LogP contribution in [0.15, 0.2) is 53.2 Å². The van der Waals surface area contributed by atoms with Crippen LogP contribution in [0.1, 0.15) is 49.4 Å². The number of anilines is 1. The number of nitrogens with zero attached hydrogens (tertiary/aromatic N) is 2. The molecule has 4 rings (SSSR count). The fraction of sp³-hybridized carbons (Fsp3) is 0.417. The third-order valence-electron chi connectivity index (χ3n) is 6.05. The predicted molar refractivity (Wildman–Crippen MR) is 117 cm³/mol. The van der Waals surface area contributed by atoms with E-state index < -0.39 is 0 Å². The summed E-state index contributed by atoms with van der Waals surface area (Å²) in [6, 6.07) is 15.2. The van der Waals surface area contributed by atoms with Crippen molar-refractivity contribution in [3.8, 4) is 11.3 Å². The van der Waals surface area contributed by atoms with Crippen LogP contribution in [-0.4, -0.2) is 22.7 Å². The van der Waals surface area contributed by atoms with E-state index in [0.29, 0.717) is 17.6 Å². The number of nitrogen functional groups attached to an aromatic ring is 1. The van der Waals surface area contributed by atoms with Gasteiger partial charge in [0, 0.05) is 24.7 Å². The summed E-state index contributed by atoms with van der Waals surface area (Å²) in [5.74, 6) is 1.90. The van der Waals surface area contributed by atoms with E-state index in [1.807, 2.05) is 18.2 Å². The molecule has 5 nitrogen and oxygen atoms in total. The van der Waals surface area contributed by atoms with Crippen LogP contribution in [-0.2, 0) is 12.8 Å². The van der Waals surface area contributed by atoms with Gasteiger partial charge in [-0.1, -0.05) is 35.8 Å². The van der Waals surface area contributed by atoms with Gasteiger partial charge in [-0.15, -0.1) is 0 Å². The van der Waals surface area contributed by atoms with E-state index in [0.717, 1.165) is 30.0 Å². The van der Waals surface area contributed by atoms with E-state index in [1.165, 1.54) is 43.4 Å². The molecule has 0 bridgehead atoms. The Balaban J connectivity index is 1.34. The first kappa shape index (κ1) is 19.6. The second-order valence-electron chi connectivity index (χ2n) is 8.15. The van der Waals surface area contributed by atoms with Crippen LogP contribution in [0.3, 0.4) is 0 Å². The van der Waals surface area contributed by atoms with E-state index in [4.69, 9.17) is 10.3 Å². The van der Waals surface area contributed by atoms with Gasteiger partial charge in [-0.3, -0.25) is 0 Å². The number of rotatable bonds is 6. The highest BCUT2D eigenvalue weighted by molar-refractivity contribution is 5.69. The second-order valence-corrected chi connectivity index (χ2v) is 8.15. The average Bonchev–Trinajstić information content (AvgIpc) is 3.09. The molecule has 1 fully saturated rings. The third-order valence-corrected chi connectivity index (χ3v) is 6.05. The molecular formula is C24H30N4O. The van der Waals surface area contributed by atoms with Gasteiger partial charge < -0.3 is 15.6 Å². The zero-order valence-electron chi connectivity index (χ0n) is 17.1. The highest BCUT2D eigenvalue weighted by atomic mass is 16.5. The lowest BCUT2D eigenvalue weighted by Crippen LogP contribution is -2.32. The Morgan fingerprint density at radius 3 is 2.79 bits per heavy atom. The molecule has 0 saturated carbocycles. The van der Waals surface area contributed by atoms with E-state index in [9.17, 15) is 0 Å². The van der Waals surface area contributed by atoms with Crippen LogP contribution in [0.5, 0.6) is 0 Å². The summed E-state index contributed by atoms with van der Waals surface area (Å²) in [6.45, 7) is 3.51. The van der Waals surface area contributed by atoms with Gasteiger partial charge in [-0.05, 0) is 68.3 Å². The maximum atomic E-state index is 5.93. The summed E-state index contributed by atoms with van der Waals surface area (Å²) in [6.07, 6.45) is 8.83. The maximum absolute atomic E-state index is 5.93. The van der Waals surface area contributed by atoms with Gasteiger partial charge in [0.25, 0.3) is 0 Å². The van der Waals surface area contributed by atoms with Gasteiger partial charge in [0.15, 0.2) is 5.76 Å². The van der Waals surface area contributed by atoms with Crippen LogP contribution in [0.2, 0.25) is 0 Å². The topological polar surface area (TPSA) is 77.0 Å². The number of aryl methyl sites for hydroxylation is 1. The number of pyridine rings is 1. The van der Waals surface area contributed by atoms with Crippen molar-refractivity contribution in [1.29, 1.82) is 0 Å². The zero-order chi connectivity index (χ0) is 20.1. The Morgan fingerprint density at radius 1 is 1.14 bits per heavy atom. The first-order chi connectivity index (χ1) is 14.2. The van der Waals surface area contributed by atoms with Crippen LogP contribution in [0.4, 0.5) is 5.82 Å². The van der Waals surface area contributed by atoms with Crippen molar-refractivity contribution in [1.82, 2.24) is 15.5 Å². The van der Waals surface area contributed by atoms with Gasteiger partial charge in [0.1, 0.15) is 5.82 Å². The molecule has 5 heteroatoms. The first-order valence-corrected chi connectivity index (χ1v) is 10.7. The minimum atomic E-state index is 0.456. The molecule has 1 aliphatic heterocycles. The largest absolute Gasteiger partial charge is 0.383 e. The molecule has 3 N–H and O–H groups in total. The second kappa shape index (κ2) is 9.23. The van der Waals surface area contributed by atoms with Gasteiger partial charge in [0.05, 0.1) is 11.3 Å². The predicted octanol–water partition coefficient (Wildman–Crippen LogP) is 4.62. The smallest absolute Gasteiger partial charge is 0.170 e. The van der Waals surface area contributed by atoms with E-state index >= 15 is 0 Å². The molecule has 1 aliphatic rings. The Kier molecular flexibility index (Phi) is 6.25. The molecule has 2 atom stereocenters. The summed E-state index contributed by atoms with van der Waals surface area (Å²) < 4.78 is 5.48. The normalized spacial score (nSPS) is 19.8. The fourth-order valence-electron chi connectivity index (χ4n) is 4.21. The SMILES string of the molecule is CC1NCCCCC1CCc1ccc(Cc2cc(-c3cccnc3N)on2)cc1. The molecule has 3 aromatic rings. The molecule has 3 heterocycles. The van der Waals surface area contributed by atoms with Crippen molar-refractivity contribution in [3.05, 3.63) is 65.5 Å². The van der Waals surface area contributed by atoms with Gasteiger partial charge >= 0.3 is 0 Å². The summed E-state index contributed by atoms with van der Waals surface area (Å²) in [5, 5.41) is 7.86. The lowest BCUT2D eigenvalue weighted by molar-refractivity contribution is 0.360.